The third-order valence-electron chi connectivity index (χ3n) is 6.61. The number of aromatic nitrogens is 3. The molecular weight excluding hydrogens is 568 g/mol. The second-order valence-corrected chi connectivity index (χ2v) is 9.37. The van der Waals surface area contributed by atoms with Gasteiger partial charge in [0, 0.05) is 30.2 Å². The number of carbonyl (C=O) groups is 1. The molecule has 0 radical (unpaired) electrons. The van der Waals surface area contributed by atoms with Gasteiger partial charge in [-0.2, -0.15) is 14.0 Å². The number of imidazole rings is 1. The van der Waals surface area contributed by atoms with Gasteiger partial charge in [0.1, 0.15) is 24.1 Å². The second kappa shape index (κ2) is 12.7. The molecular formula is C31H22F4N4O4. The zero-order chi connectivity index (χ0) is 30.5. The maximum atomic E-state index is 15.4. The van der Waals surface area contributed by atoms with Crippen LogP contribution in [0.2, 0.25) is 0 Å². The number of fused-ring (bicyclic) bond motifs is 1. The molecule has 0 saturated carbocycles. The first-order valence-corrected chi connectivity index (χ1v) is 12.9. The third-order valence-corrected chi connectivity index (χ3v) is 6.61. The number of carboxylic acid groups (broad SMARTS) is 1. The summed E-state index contributed by atoms with van der Waals surface area (Å²) >= 11 is 0. The van der Waals surface area contributed by atoms with Crippen LogP contribution in [0.3, 0.4) is 0 Å². The van der Waals surface area contributed by atoms with Crippen LogP contribution in [0.15, 0.2) is 72.8 Å². The van der Waals surface area contributed by atoms with Gasteiger partial charge in [0.15, 0.2) is 0 Å². The van der Waals surface area contributed by atoms with Gasteiger partial charge in [-0.25, -0.2) is 23.5 Å². The van der Waals surface area contributed by atoms with Crippen LogP contribution in [-0.2, 0) is 24.3 Å². The van der Waals surface area contributed by atoms with Gasteiger partial charge >= 0.3 is 12.6 Å². The summed E-state index contributed by atoms with van der Waals surface area (Å²) in [5, 5.41) is 18.3. The van der Waals surface area contributed by atoms with Crippen molar-refractivity contribution in [3.63, 3.8) is 0 Å². The molecule has 0 fully saturated rings. The molecule has 2 aromatic heterocycles. The number of carboxylic acids is 1. The first-order chi connectivity index (χ1) is 20.7. The smallest absolute Gasteiger partial charge is 0.345 e. The van der Waals surface area contributed by atoms with Crippen molar-refractivity contribution < 1.29 is 36.9 Å². The molecule has 1 N–H and O–H groups in total. The average molecular weight is 591 g/mol. The molecule has 0 aliphatic carbocycles. The maximum absolute atomic E-state index is 15.4. The molecule has 218 valence electrons. The Bertz CT molecular complexity index is 1850. The molecule has 0 aliphatic rings. The molecule has 43 heavy (non-hydrogen) atoms. The minimum atomic E-state index is -2.98. The number of ether oxygens (including phenoxy) is 2. The van der Waals surface area contributed by atoms with Crippen molar-refractivity contribution >= 4 is 17.0 Å². The number of nitriles is 1. The van der Waals surface area contributed by atoms with Crippen molar-refractivity contribution in [1.29, 1.82) is 5.26 Å². The number of aromatic carboxylic acids is 1. The summed E-state index contributed by atoms with van der Waals surface area (Å²) in [4.78, 5) is 20.3. The average Bonchev–Trinajstić information content (AvgIpc) is 3.33. The van der Waals surface area contributed by atoms with E-state index in [2.05, 4.69) is 14.7 Å². The first kappa shape index (κ1) is 29.2. The number of hydrogen-bond donors (Lipinski definition) is 1. The summed E-state index contributed by atoms with van der Waals surface area (Å²) in [5.41, 5.74) is 2.36. The van der Waals surface area contributed by atoms with E-state index in [1.807, 2.05) is 6.07 Å². The molecule has 3 aromatic carbocycles. The Hall–Kier alpha value is -5.28. The minimum Gasteiger partial charge on any atom is -0.478 e. The van der Waals surface area contributed by atoms with Crippen molar-refractivity contribution in [2.75, 3.05) is 6.61 Å². The normalized spacial score (nSPS) is 11.2. The lowest BCUT2D eigenvalue weighted by atomic mass is 10.1. The number of alkyl halides is 2. The van der Waals surface area contributed by atoms with E-state index in [0.29, 0.717) is 28.1 Å². The van der Waals surface area contributed by atoms with E-state index in [9.17, 15) is 23.1 Å². The van der Waals surface area contributed by atoms with Crippen molar-refractivity contribution in [2.45, 2.75) is 26.2 Å². The van der Waals surface area contributed by atoms with Gasteiger partial charge in [-0.1, -0.05) is 24.3 Å². The molecule has 0 atom stereocenters. The minimum absolute atomic E-state index is 0.00809. The molecule has 2 heterocycles. The van der Waals surface area contributed by atoms with Crippen LogP contribution < -0.4 is 4.74 Å². The van der Waals surface area contributed by atoms with E-state index < -0.39 is 24.2 Å². The predicted molar refractivity (Wildman–Crippen MR) is 147 cm³/mol. The van der Waals surface area contributed by atoms with Crippen molar-refractivity contribution in [2.24, 2.45) is 0 Å². The SMILES string of the molecule is N#Cc1ccc(COc2cccc(-c3ccc(Cc4nc5ccc(C(=O)O)cc5n4CCOC(F)F)c(F)c3)n2)c(F)c1. The Kier molecular flexibility index (Phi) is 8.64. The van der Waals surface area contributed by atoms with Crippen LogP contribution in [-0.4, -0.2) is 38.8 Å². The van der Waals surface area contributed by atoms with Crippen LogP contribution >= 0.6 is 0 Å². The van der Waals surface area contributed by atoms with Crippen LogP contribution in [0.1, 0.15) is 32.9 Å². The topological polar surface area (TPSA) is 110 Å². The molecule has 12 heteroatoms. The summed E-state index contributed by atoms with van der Waals surface area (Å²) in [5.74, 6) is -1.79. The lowest BCUT2D eigenvalue weighted by Gasteiger charge is -2.11. The fourth-order valence-corrected chi connectivity index (χ4v) is 4.49. The zero-order valence-corrected chi connectivity index (χ0v) is 22.3. The number of hydrogen-bond acceptors (Lipinski definition) is 6. The molecule has 0 saturated heterocycles. The molecule has 0 amide bonds. The highest BCUT2D eigenvalue weighted by atomic mass is 19.3. The van der Waals surface area contributed by atoms with Crippen molar-refractivity contribution in [1.82, 2.24) is 14.5 Å². The number of benzene rings is 3. The molecule has 0 bridgehead atoms. The third kappa shape index (κ3) is 6.79. The summed E-state index contributed by atoms with van der Waals surface area (Å²) in [6, 6.07) is 19.6. The highest BCUT2D eigenvalue weighted by Crippen LogP contribution is 2.26. The lowest BCUT2D eigenvalue weighted by molar-refractivity contribution is -0.130. The van der Waals surface area contributed by atoms with Crippen molar-refractivity contribution in [3.8, 4) is 23.2 Å². The standard InChI is InChI=1S/C31H22F4N4O4/c32-23-12-18(16-36)4-5-22(23)17-43-29-3-1-2-25(38-29)20-7-6-19(24(33)13-20)15-28-37-26-9-8-21(30(40)41)14-27(26)39(28)10-11-42-31(34)35/h1-9,12-14,31H,10-11,15,17H2,(H,40,41). The molecule has 5 rings (SSSR count). The molecule has 0 spiro atoms. The fraction of sp³-hybridized carbons (Fsp3) is 0.161. The largest absolute Gasteiger partial charge is 0.478 e. The van der Waals surface area contributed by atoms with Gasteiger partial charge in [-0.15, -0.1) is 0 Å². The van der Waals surface area contributed by atoms with E-state index in [-0.39, 0.29) is 54.3 Å². The highest BCUT2D eigenvalue weighted by Gasteiger charge is 2.17. The van der Waals surface area contributed by atoms with Gasteiger partial charge in [0.25, 0.3) is 0 Å². The number of rotatable bonds is 11. The lowest BCUT2D eigenvalue weighted by Crippen LogP contribution is -2.12. The van der Waals surface area contributed by atoms with E-state index in [1.54, 1.807) is 30.3 Å². The molecule has 8 nitrogen and oxygen atoms in total. The summed E-state index contributed by atoms with van der Waals surface area (Å²) in [7, 11) is 0. The van der Waals surface area contributed by atoms with Crippen LogP contribution in [0.4, 0.5) is 17.6 Å². The van der Waals surface area contributed by atoms with Gasteiger partial charge < -0.3 is 19.1 Å². The van der Waals surface area contributed by atoms with E-state index in [1.165, 1.54) is 41.0 Å². The zero-order valence-electron chi connectivity index (χ0n) is 22.3. The fourth-order valence-electron chi connectivity index (χ4n) is 4.49. The summed E-state index contributed by atoms with van der Waals surface area (Å²) < 4.78 is 66.3. The Balaban J connectivity index is 1.36. The van der Waals surface area contributed by atoms with Crippen LogP contribution in [0.25, 0.3) is 22.3 Å². The van der Waals surface area contributed by atoms with Gasteiger partial charge in [0.2, 0.25) is 5.88 Å². The van der Waals surface area contributed by atoms with Gasteiger partial charge in [0.05, 0.1) is 40.5 Å². The first-order valence-electron chi connectivity index (χ1n) is 12.9. The monoisotopic (exact) mass is 590 g/mol. The van der Waals surface area contributed by atoms with Crippen LogP contribution in [0.5, 0.6) is 5.88 Å². The highest BCUT2D eigenvalue weighted by molar-refractivity contribution is 5.92. The van der Waals surface area contributed by atoms with Crippen LogP contribution in [0, 0.1) is 23.0 Å². The molecule has 0 aliphatic heterocycles. The van der Waals surface area contributed by atoms with E-state index >= 15 is 4.39 Å². The molecule has 5 aromatic rings. The molecule has 0 unspecified atom stereocenters. The quantitative estimate of drug-likeness (QED) is 0.178. The summed E-state index contributed by atoms with van der Waals surface area (Å²) in [6.45, 7) is -3.52. The maximum Gasteiger partial charge on any atom is 0.345 e. The Labute approximate surface area is 242 Å². The van der Waals surface area contributed by atoms with Gasteiger partial charge in [-0.3, -0.25) is 0 Å². The number of halogens is 4. The van der Waals surface area contributed by atoms with E-state index in [4.69, 9.17) is 10.00 Å². The Morgan fingerprint density at radius 3 is 2.49 bits per heavy atom. The second-order valence-electron chi connectivity index (χ2n) is 9.37. The Morgan fingerprint density at radius 2 is 1.77 bits per heavy atom. The number of pyridine rings is 1. The van der Waals surface area contributed by atoms with E-state index in [0.717, 1.165) is 6.07 Å². The Morgan fingerprint density at radius 1 is 0.977 bits per heavy atom. The number of nitrogens with zero attached hydrogens (tertiary/aromatic N) is 4. The van der Waals surface area contributed by atoms with Gasteiger partial charge in [-0.05, 0) is 48.0 Å². The predicted octanol–water partition coefficient (Wildman–Crippen LogP) is 6.36. The van der Waals surface area contributed by atoms with Crippen molar-refractivity contribution in [3.05, 3.63) is 113 Å². The summed E-state index contributed by atoms with van der Waals surface area (Å²) in [6.07, 6.45) is -0.00931.